The van der Waals surface area contributed by atoms with Crippen molar-refractivity contribution in [2.75, 3.05) is 0 Å². The maximum Gasteiger partial charge on any atom is 0.310 e. The molecule has 1 unspecified atom stereocenters. The minimum Gasteiger partial charge on any atom is -0.481 e. The maximum absolute atomic E-state index is 10.7. The van der Waals surface area contributed by atoms with Crippen LogP contribution in [0.5, 0.6) is 0 Å². The molecule has 0 aromatic carbocycles. The monoisotopic (exact) mass is 168 g/mol. The average molecular weight is 168 g/mol. The van der Waals surface area contributed by atoms with Crippen LogP contribution in [-0.2, 0) is 4.79 Å². The van der Waals surface area contributed by atoms with Crippen LogP contribution in [0.4, 0.5) is 0 Å². The number of aliphatic carboxylic acids is 1. The summed E-state index contributed by atoms with van der Waals surface area (Å²) in [4.78, 5) is 10.7. The second-order valence-corrected chi connectivity index (χ2v) is 3.31. The lowest BCUT2D eigenvalue weighted by atomic mass is 9.95. The SMILES string of the molecule is C=C(C)C=CC(C(=O)O)C(C)C. The molecule has 0 saturated heterocycles. The van der Waals surface area contributed by atoms with E-state index in [-0.39, 0.29) is 5.92 Å². The van der Waals surface area contributed by atoms with E-state index < -0.39 is 11.9 Å². The highest BCUT2D eigenvalue weighted by molar-refractivity contribution is 5.72. The lowest BCUT2D eigenvalue weighted by Gasteiger charge is -2.10. The normalized spacial score (nSPS) is 13.7. The van der Waals surface area contributed by atoms with E-state index in [4.69, 9.17) is 5.11 Å². The summed E-state index contributed by atoms with van der Waals surface area (Å²) in [7, 11) is 0. The van der Waals surface area contributed by atoms with E-state index >= 15 is 0 Å². The fourth-order valence-electron chi connectivity index (χ4n) is 0.858. The van der Waals surface area contributed by atoms with Crippen LogP contribution >= 0.6 is 0 Å². The molecule has 12 heavy (non-hydrogen) atoms. The van der Waals surface area contributed by atoms with Crippen molar-refractivity contribution in [3.63, 3.8) is 0 Å². The van der Waals surface area contributed by atoms with Crippen molar-refractivity contribution < 1.29 is 9.90 Å². The van der Waals surface area contributed by atoms with Gasteiger partial charge in [0.15, 0.2) is 0 Å². The lowest BCUT2D eigenvalue weighted by Crippen LogP contribution is -2.16. The van der Waals surface area contributed by atoms with Gasteiger partial charge in [0, 0.05) is 0 Å². The molecule has 0 radical (unpaired) electrons. The third kappa shape index (κ3) is 3.96. The van der Waals surface area contributed by atoms with Crippen molar-refractivity contribution in [3.05, 3.63) is 24.3 Å². The maximum atomic E-state index is 10.7. The second-order valence-electron chi connectivity index (χ2n) is 3.31. The molecular weight excluding hydrogens is 152 g/mol. The number of carboxylic acid groups (broad SMARTS) is 1. The Labute approximate surface area is 73.6 Å². The first-order valence-corrected chi connectivity index (χ1v) is 4.01. The van der Waals surface area contributed by atoms with Crippen molar-refractivity contribution in [2.45, 2.75) is 20.8 Å². The van der Waals surface area contributed by atoms with Crippen LogP contribution in [-0.4, -0.2) is 11.1 Å². The summed E-state index contributed by atoms with van der Waals surface area (Å²) >= 11 is 0. The second kappa shape index (κ2) is 4.75. The zero-order chi connectivity index (χ0) is 9.72. The molecule has 2 nitrogen and oxygen atoms in total. The van der Waals surface area contributed by atoms with Crippen LogP contribution < -0.4 is 0 Å². The van der Waals surface area contributed by atoms with Crippen LogP contribution in [0.15, 0.2) is 24.3 Å². The van der Waals surface area contributed by atoms with E-state index in [2.05, 4.69) is 6.58 Å². The van der Waals surface area contributed by atoms with Crippen LogP contribution in [0, 0.1) is 11.8 Å². The molecule has 0 aliphatic carbocycles. The standard InChI is InChI=1S/C10H16O2/c1-7(2)5-6-9(8(3)4)10(11)12/h5-6,8-9H,1H2,2-4H3,(H,11,12). The summed E-state index contributed by atoms with van der Waals surface area (Å²) in [6.07, 6.45) is 3.44. The number of hydrogen-bond donors (Lipinski definition) is 1. The third-order valence-corrected chi connectivity index (χ3v) is 1.59. The Bertz CT molecular complexity index is 202. The third-order valence-electron chi connectivity index (χ3n) is 1.59. The van der Waals surface area contributed by atoms with Gasteiger partial charge in [0.1, 0.15) is 0 Å². The molecule has 0 aromatic heterocycles. The predicted octanol–water partition coefficient (Wildman–Crippen LogP) is 2.48. The summed E-state index contributed by atoms with van der Waals surface area (Å²) in [5.41, 5.74) is 0.877. The lowest BCUT2D eigenvalue weighted by molar-refractivity contribution is -0.141. The highest BCUT2D eigenvalue weighted by atomic mass is 16.4. The molecule has 0 amide bonds. The number of allylic oxidation sites excluding steroid dienone is 2. The van der Waals surface area contributed by atoms with Gasteiger partial charge >= 0.3 is 5.97 Å². The van der Waals surface area contributed by atoms with Crippen LogP contribution in [0.2, 0.25) is 0 Å². The molecule has 0 heterocycles. The van der Waals surface area contributed by atoms with Crippen molar-refractivity contribution >= 4 is 5.97 Å². The van der Waals surface area contributed by atoms with E-state index in [9.17, 15) is 4.79 Å². The van der Waals surface area contributed by atoms with E-state index in [0.717, 1.165) is 5.57 Å². The molecule has 68 valence electrons. The first-order valence-electron chi connectivity index (χ1n) is 4.01. The van der Waals surface area contributed by atoms with Crippen LogP contribution in [0.3, 0.4) is 0 Å². The van der Waals surface area contributed by atoms with Gasteiger partial charge in [-0.3, -0.25) is 4.79 Å². The van der Waals surface area contributed by atoms with Crippen molar-refractivity contribution in [2.24, 2.45) is 11.8 Å². The number of hydrogen-bond acceptors (Lipinski definition) is 1. The van der Waals surface area contributed by atoms with Gasteiger partial charge in [0.05, 0.1) is 5.92 Å². The molecule has 0 aliphatic rings. The largest absolute Gasteiger partial charge is 0.481 e. The fraction of sp³-hybridized carbons (Fsp3) is 0.500. The van der Waals surface area contributed by atoms with E-state index in [1.165, 1.54) is 0 Å². The number of carbonyl (C=O) groups is 1. The summed E-state index contributed by atoms with van der Waals surface area (Å²) in [6.45, 7) is 9.29. The molecule has 1 atom stereocenters. The van der Waals surface area contributed by atoms with Gasteiger partial charge < -0.3 is 5.11 Å². The Morgan fingerprint density at radius 1 is 1.50 bits per heavy atom. The molecule has 0 aliphatic heterocycles. The highest BCUT2D eigenvalue weighted by Gasteiger charge is 2.17. The Morgan fingerprint density at radius 2 is 2.00 bits per heavy atom. The Morgan fingerprint density at radius 3 is 2.25 bits per heavy atom. The zero-order valence-corrected chi connectivity index (χ0v) is 7.87. The minimum atomic E-state index is -0.775. The highest BCUT2D eigenvalue weighted by Crippen LogP contribution is 2.13. The molecule has 1 N–H and O–H groups in total. The Kier molecular flexibility index (Phi) is 4.34. The Hall–Kier alpha value is -1.05. The molecule has 0 fully saturated rings. The van der Waals surface area contributed by atoms with Crippen molar-refractivity contribution in [1.29, 1.82) is 0 Å². The smallest absolute Gasteiger partial charge is 0.310 e. The van der Waals surface area contributed by atoms with Gasteiger partial charge in [0.25, 0.3) is 0 Å². The molecule has 0 aromatic rings. The van der Waals surface area contributed by atoms with Crippen molar-refractivity contribution in [3.8, 4) is 0 Å². The van der Waals surface area contributed by atoms with Crippen molar-refractivity contribution in [1.82, 2.24) is 0 Å². The van der Waals surface area contributed by atoms with E-state index in [1.807, 2.05) is 20.8 Å². The first kappa shape index (κ1) is 11.0. The van der Waals surface area contributed by atoms with Gasteiger partial charge in [-0.05, 0) is 12.8 Å². The number of carboxylic acids is 1. The first-order chi connectivity index (χ1) is 5.45. The summed E-state index contributed by atoms with van der Waals surface area (Å²) in [5, 5.41) is 8.78. The van der Waals surface area contributed by atoms with Gasteiger partial charge in [-0.25, -0.2) is 0 Å². The van der Waals surface area contributed by atoms with Crippen LogP contribution in [0.1, 0.15) is 20.8 Å². The predicted molar refractivity (Wildman–Crippen MR) is 49.9 cm³/mol. The van der Waals surface area contributed by atoms with Gasteiger partial charge in [-0.15, -0.1) is 0 Å². The quantitative estimate of drug-likeness (QED) is 0.655. The van der Waals surface area contributed by atoms with Crippen LogP contribution in [0.25, 0.3) is 0 Å². The van der Waals surface area contributed by atoms with Gasteiger partial charge in [-0.1, -0.05) is 38.2 Å². The zero-order valence-electron chi connectivity index (χ0n) is 7.87. The van der Waals surface area contributed by atoms with Gasteiger partial charge in [0.2, 0.25) is 0 Å². The molecule has 0 spiro atoms. The fourth-order valence-corrected chi connectivity index (χ4v) is 0.858. The molecule has 0 rings (SSSR count). The van der Waals surface area contributed by atoms with E-state index in [1.54, 1.807) is 12.2 Å². The average Bonchev–Trinajstić information content (AvgIpc) is 1.84. The number of rotatable bonds is 4. The van der Waals surface area contributed by atoms with Gasteiger partial charge in [-0.2, -0.15) is 0 Å². The summed E-state index contributed by atoms with van der Waals surface area (Å²) in [6, 6.07) is 0. The van der Waals surface area contributed by atoms with E-state index in [0.29, 0.717) is 0 Å². The molecule has 0 bridgehead atoms. The minimum absolute atomic E-state index is 0.123. The topological polar surface area (TPSA) is 37.3 Å². The molecular formula is C10H16O2. The molecule has 0 saturated carbocycles. The Balaban J connectivity index is 4.33. The molecule has 2 heteroatoms. The summed E-state index contributed by atoms with van der Waals surface area (Å²) in [5.74, 6) is -1.05. The summed E-state index contributed by atoms with van der Waals surface area (Å²) < 4.78 is 0.